The average Bonchev–Trinajstić information content (AvgIpc) is 2.50. The molecule has 0 atom stereocenters. The summed E-state index contributed by atoms with van der Waals surface area (Å²) in [5, 5.41) is 0. The molecule has 0 bridgehead atoms. The third-order valence-corrected chi connectivity index (χ3v) is 6.73. The normalized spacial score (nSPS) is 11.3. The molecular weight excluding hydrogens is 427 g/mol. The molecule has 0 N–H and O–H groups in total. The van der Waals surface area contributed by atoms with E-state index in [-0.39, 0.29) is 10.6 Å². The number of carbonyl (C=O) groups excluding carboxylic acids is 1. The second-order valence-corrected chi connectivity index (χ2v) is 8.38. The molecule has 0 saturated carbocycles. The van der Waals surface area contributed by atoms with Crippen LogP contribution in [0.15, 0.2) is 41.3 Å². The summed E-state index contributed by atoms with van der Waals surface area (Å²) in [4.78, 5) is 11.8. The summed E-state index contributed by atoms with van der Waals surface area (Å²) < 4.78 is 30.6. The quantitative estimate of drug-likeness (QED) is 0.534. The highest BCUT2D eigenvalue weighted by Crippen LogP contribution is 2.25. The number of ether oxygens (including phenoxy) is 1. The van der Waals surface area contributed by atoms with Crippen molar-refractivity contribution in [2.75, 3.05) is 7.11 Å². The predicted molar refractivity (Wildman–Crippen MR) is 97.3 cm³/mol. The Labute approximate surface area is 149 Å². The lowest BCUT2D eigenvalue weighted by Gasteiger charge is -2.11. The van der Waals surface area contributed by atoms with Crippen molar-refractivity contribution in [3.05, 3.63) is 62.2 Å². The highest BCUT2D eigenvalue weighted by Gasteiger charge is 2.21. The van der Waals surface area contributed by atoms with Crippen LogP contribution in [-0.2, 0) is 20.3 Å². The highest BCUT2D eigenvalue weighted by atomic mass is 127. The zero-order chi connectivity index (χ0) is 17.2. The van der Waals surface area contributed by atoms with Crippen LogP contribution in [0.2, 0.25) is 0 Å². The summed E-state index contributed by atoms with van der Waals surface area (Å²) in [6.07, 6.45) is 0. The van der Waals surface area contributed by atoms with Crippen LogP contribution in [0.5, 0.6) is 0 Å². The van der Waals surface area contributed by atoms with E-state index in [2.05, 4.69) is 4.74 Å². The number of aryl methyl sites for hydroxylation is 1. The molecule has 0 amide bonds. The smallest absolute Gasteiger partial charge is 0.337 e. The minimum absolute atomic E-state index is 0.0614. The molecular formula is C17H17IO4S. The van der Waals surface area contributed by atoms with Crippen molar-refractivity contribution < 1.29 is 17.9 Å². The monoisotopic (exact) mass is 444 g/mol. The average molecular weight is 444 g/mol. The second-order valence-electron chi connectivity index (χ2n) is 5.25. The van der Waals surface area contributed by atoms with Gasteiger partial charge in [-0.3, -0.25) is 0 Å². The number of halogens is 1. The van der Waals surface area contributed by atoms with Gasteiger partial charge >= 0.3 is 5.97 Å². The molecule has 0 aliphatic carbocycles. The fourth-order valence-corrected chi connectivity index (χ4v) is 5.28. The van der Waals surface area contributed by atoms with Gasteiger partial charge in [0.05, 0.1) is 23.3 Å². The summed E-state index contributed by atoms with van der Waals surface area (Å²) >= 11 is 1.93. The molecule has 4 nitrogen and oxygen atoms in total. The summed E-state index contributed by atoms with van der Waals surface area (Å²) in [7, 11) is -2.20. The van der Waals surface area contributed by atoms with E-state index in [9.17, 15) is 13.2 Å². The maximum Gasteiger partial charge on any atom is 0.337 e. The summed E-state index contributed by atoms with van der Waals surface area (Å²) in [6.45, 7) is 3.88. The van der Waals surface area contributed by atoms with E-state index < -0.39 is 15.8 Å². The van der Waals surface area contributed by atoms with Gasteiger partial charge < -0.3 is 4.74 Å². The van der Waals surface area contributed by atoms with Crippen molar-refractivity contribution in [1.82, 2.24) is 0 Å². The topological polar surface area (TPSA) is 60.4 Å². The molecule has 122 valence electrons. The third kappa shape index (κ3) is 3.92. The van der Waals surface area contributed by atoms with Gasteiger partial charge in [-0.15, -0.1) is 0 Å². The molecule has 0 fully saturated rings. The largest absolute Gasteiger partial charge is 0.465 e. The van der Waals surface area contributed by atoms with E-state index in [1.807, 2.05) is 54.6 Å². The van der Waals surface area contributed by atoms with Crippen LogP contribution in [0.4, 0.5) is 0 Å². The van der Waals surface area contributed by atoms with E-state index in [1.165, 1.54) is 25.3 Å². The lowest BCUT2D eigenvalue weighted by atomic mass is 10.1. The van der Waals surface area contributed by atoms with Crippen LogP contribution >= 0.6 is 22.6 Å². The van der Waals surface area contributed by atoms with Gasteiger partial charge in [0, 0.05) is 3.57 Å². The zero-order valence-electron chi connectivity index (χ0n) is 13.1. The van der Waals surface area contributed by atoms with Crippen molar-refractivity contribution in [1.29, 1.82) is 0 Å². The lowest BCUT2D eigenvalue weighted by molar-refractivity contribution is 0.0600. The first-order valence-corrected chi connectivity index (χ1v) is 9.65. The van der Waals surface area contributed by atoms with Crippen molar-refractivity contribution in [2.24, 2.45) is 0 Å². The fourth-order valence-electron chi connectivity index (χ4n) is 2.25. The maximum absolute atomic E-state index is 12.7. The Kier molecular flexibility index (Phi) is 5.46. The highest BCUT2D eigenvalue weighted by molar-refractivity contribution is 14.1. The molecule has 2 rings (SSSR count). The van der Waals surface area contributed by atoms with Crippen LogP contribution in [0.3, 0.4) is 0 Å². The van der Waals surface area contributed by atoms with Crippen molar-refractivity contribution in [3.63, 3.8) is 0 Å². The Balaban J connectivity index is 2.40. The number of methoxy groups -OCH3 is 1. The van der Waals surface area contributed by atoms with Crippen LogP contribution in [0, 0.1) is 17.4 Å². The van der Waals surface area contributed by atoms with Gasteiger partial charge in [-0.05, 0) is 71.3 Å². The molecule has 0 radical (unpaired) electrons. The van der Waals surface area contributed by atoms with Crippen molar-refractivity contribution in [3.8, 4) is 0 Å². The second kappa shape index (κ2) is 7.00. The number of hydrogen-bond donors (Lipinski definition) is 0. The molecule has 0 saturated heterocycles. The SMILES string of the molecule is COC(=O)c1ccc(S(=O)(=O)Cc2cccc(C)c2C)c(I)c1. The first kappa shape index (κ1) is 17.9. The van der Waals surface area contributed by atoms with Crippen LogP contribution in [-0.4, -0.2) is 21.5 Å². The third-order valence-electron chi connectivity index (χ3n) is 3.75. The Morgan fingerprint density at radius 2 is 1.87 bits per heavy atom. The Hall–Kier alpha value is -1.41. The maximum atomic E-state index is 12.7. The number of benzene rings is 2. The number of hydrogen-bond acceptors (Lipinski definition) is 4. The number of sulfone groups is 1. The van der Waals surface area contributed by atoms with Crippen LogP contribution in [0.25, 0.3) is 0 Å². The van der Waals surface area contributed by atoms with E-state index in [0.29, 0.717) is 9.13 Å². The summed E-state index contributed by atoms with van der Waals surface area (Å²) in [6, 6.07) is 10.1. The van der Waals surface area contributed by atoms with E-state index in [4.69, 9.17) is 0 Å². The molecule has 0 aromatic heterocycles. The lowest BCUT2D eigenvalue weighted by Crippen LogP contribution is -2.10. The molecule has 23 heavy (non-hydrogen) atoms. The predicted octanol–water partition coefficient (Wildman–Crippen LogP) is 3.67. The van der Waals surface area contributed by atoms with E-state index in [0.717, 1.165) is 16.7 Å². The Morgan fingerprint density at radius 1 is 1.17 bits per heavy atom. The Morgan fingerprint density at radius 3 is 2.48 bits per heavy atom. The van der Waals surface area contributed by atoms with Gasteiger partial charge in [-0.2, -0.15) is 0 Å². The molecule has 0 heterocycles. The van der Waals surface area contributed by atoms with Gasteiger partial charge in [0.1, 0.15) is 0 Å². The molecule has 0 aliphatic rings. The molecule has 0 spiro atoms. The van der Waals surface area contributed by atoms with Gasteiger partial charge in [0.25, 0.3) is 0 Å². The standard InChI is InChI=1S/C17H17IO4S/c1-11-5-4-6-14(12(11)2)10-23(20,21)16-8-7-13(9-15(16)18)17(19)22-3/h4-9H,10H2,1-3H3. The zero-order valence-corrected chi connectivity index (χ0v) is 16.1. The Bertz CT molecular complexity index is 857. The van der Waals surface area contributed by atoms with Crippen molar-refractivity contribution >= 4 is 38.4 Å². The minimum Gasteiger partial charge on any atom is -0.465 e. The fraction of sp³-hybridized carbons (Fsp3) is 0.235. The van der Waals surface area contributed by atoms with Gasteiger partial charge in [-0.25, -0.2) is 13.2 Å². The minimum atomic E-state index is -3.49. The van der Waals surface area contributed by atoms with E-state index >= 15 is 0 Å². The van der Waals surface area contributed by atoms with Crippen LogP contribution < -0.4 is 0 Å². The van der Waals surface area contributed by atoms with Gasteiger partial charge in [-0.1, -0.05) is 18.2 Å². The van der Waals surface area contributed by atoms with E-state index in [1.54, 1.807) is 0 Å². The van der Waals surface area contributed by atoms with Crippen molar-refractivity contribution in [2.45, 2.75) is 24.5 Å². The number of carbonyl (C=O) groups is 1. The molecule has 2 aromatic carbocycles. The molecule has 0 aliphatic heterocycles. The van der Waals surface area contributed by atoms with Gasteiger partial charge in [0.2, 0.25) is 0 Å². The number of rotatable bonds is 4. The first-order valence-electron chi connectivity index (χ1n) is 6.92. The summed E-state index contributed by atoms with van der Waals surface area (Å²) in [5.41, 5.74) is 3.17. The summed E-state index contributed by atoms with van der Waals surface area (Å²) in [5.74, 6) is -0.546. The number of esters is 1. The van der Waals surface area contributed by atoms with Gasteiger partial charge in [0.15, 0.2) is 9.84 Å². The first-order chi connectivity index (χ1) is 10.8. The molecule has 2 aromatic rings. The molecule has 6 heteroatoms. The van der Waals surface area contributed by atoms with Crippen LogP contribution in [0.1, 0.15) is 27.0 Å². The molecule has 0 unspecified atom stereocenters.